The molecule has 0 unspecified atom stereocenters. The Morgan fingerprint density at radius 1 is 1.35 bits per heavy atom. The summed E-state index contributed by atoms with van der Waals surface area (Å²) in [6, 6.07) is 0. The second kappa shape index (κ2) is 7.37. The first kappa shape index (κ1) is 14.1. The smallest absolute Gasteiger partial charge is 0.147 e. The molecule has 0 atom stereocenters. The van der Waals surface area contributed by atoms with Gasteiger partial charge in [-0.15, -0.1) is 10.2 Å². The lowest BCUT2D eigenvalue weighted by atomic mass is 10.4. The van der Waals surface area contributed by atoms with E-state index in [0.29, 0.717) is 19.7 Å². The van der Waals surface area contributed by atoms with Gasteiger partial charge in [0, 0.05) is 26.7 Å². The topological polar surface area (TPSA) is 63.4 Å². The highest BCUT2D eigenvalue weighted by Crippen LogP contribution is 2.05. The van der Waals surface area contributed by atoms with E-state index in [0.717, 1.165) is 24.7 Å². The molecular formula is C11H22N4O2. The summed E-state index contributed by atoms with van der Waals surface area (Å²) < 4.78 is 7.13. The van der Waals surface area contributed by atoms with E-state index < -0.39 is 0 Å². The Labute approximate surface area is 102 Å². The fourth-order valence-electron chi connectivity index (χ4n) is 1.78. The van der Waals surface area contributed by atoms with E-state index in [-0.39, 0.29) is 6.61 Å². The minimum absolute atomic E-state index is 0.142. The summed E-state index contributed by atoms with van der Waals surface area (Å²) in [4.78, 5) is 2.11. The molecule has 0 fully saturated rings. The largest absolute Gasteiger partial charge is 0.395 e. The number of ether oxygens (including phenoxy) is 1. The van der Waals surface area contributed by atoms with Gasteiger partial charge in [-0.1, -0.05) is 0 Å². The predicted molar refractivity (Wildman–Crippen MR) is 64.7 cm³/mol. The summed E-state index contributed by atoms with van der Waals surface area (Å²) >= 11 is 0. The van der Waals surface area contributed by atoms with Crippen LogP contribution in [0.4, 0.5) is 0 Å². The number of hydrogen-bond donors (Lipinski definition) is 1. The molecule has 0 bridgehead atoms. The molecule has 0 saturated heterocycles. The number of aromatic nitrogens is 3. The molecule has 0 radical (unpaired) electrons. The van der Waals surface area contributed by atoms with E-state index in [9.17, 15) is 0 Å². The standard InChI is InChI=1S/C11H22N4O2/c1-4-15-10(2)12-13-11(15)9-14(5-7-16)6-8-17-3/h16H,4-9H2,1-3H3. The second-order valence-electron chi connectivity index (χ2n) is 3.90. The van der Waals surface area contributed by atoms with Gasteiger partial charge in [-0.3, -0.25) is 4.90 Å². The molecule has 6 heteroatoms. The maximum absolute atomic E-state index is 9.02. The first-order valence-corrected chi connectivity index (χ1v) is 5.93. The highest BCUT2D eigenvalue weighted by atomic mass is 16.5. The SMILES string of the molecule is CCn1c(C)nnc1CN(CCO)CCOC. The Bertz CT molecular complexity index is 327. The van der Waals surface area contributed by atoms with Crippen LogP contribution < -0.4 is 0 Å². The van der Waals surface area contributed by atoms with Crippen molar-refractivity contribution in [2.24, 2.45) is 0 Å². The summed E-state index contributed by atoms with van der Waals surface area (Å²) in [5, 5.41) is 17.3. The van der Waals surface area contributed by atoms with Gasteiger partial charge in [0.15, 0.2) is 0 Å². The molecule has 6 nitrogen and oxygen atoms in total. The van der Waals surface area contributed by atoms with Crippen molar-refractivity contribution >= 4 is 0 Å². The van der Waals surface area contributed by atoms with E-state index >= 15 is 0 Å². The van der Waals surface area contributed by atoms with Crippen LogP contribution in [-0.4, -0.2) is 58.2 Å². The molecule has 0 aromatic carbocycles. The molecule has 1 heterocycles. The Morgan fingerprint density at radius 2 is 2.12 bits per heavy atom. The lowest BCUT2D eigenvalue weighted by Gasteiger charge is -2.20. The number of aryl methyl sites for hydroxylation is 1. The van der Waals surface area contributed by atoms with E-state index in [1.165, 1.54) is 0 Å². The minimum Gasteiger partial charge on any atom is -0.395 e. The predicted octanol–water partition coefficient (Wildman–Crippen LogP) is 0.0471. The monoisotopic (exact) mass is 242 g/mol. The average molecular weight is 242 g/mol. The van der Waals surface area contributed by atoms with Crippen LogP contribution in [0, 0.1) is 6.92 Å². The van der Waals surface area contributed by atoms with Crippen LogP contribution in [0.25, 0.3) is 0 Å². The molecule has 1 N–H and O–H groups in total. The summed E-state index contributed by atoms with van der Waals surface area (Å²) in [5.74, 6) is 1.87. The van der Waals surface area contributed by atoms with Crippen molar-refractivity contribution in [2.45, 2.75) is 26.9 Å². The molecule has 0 saturated carbocycles. The number of hydrogen-bond acceptors (Lipinski definition) is 5. The van der Waals surface area contributed by atoms with Gasteiger partial charge in [0.1, 0.15) is 11.6 Å². The molecule has 98 valence electrons. The van der Waals surface area contributed by atoms with Crippen LogP contribution in [-0.2, 0) is 17.8 Å². The van der Waals surface area contributed by atoms with Gasteiger partial charge in [0.2, 0.25) is 0 Å². The first-order chi connectivity index (χ1) is 8.22. The number of methoxy groups -OCH3 is 1. The molecule has 17 heavy (non-hydrogen) atoms. The van der Waals surface area contributed by atoms with Crippen LogP contribution in [0.3, 0.4) is 0 Å². The van der Waals surface area contributed by atoms with Crippen LogP contribution in [0.2, 0.25) is 0 Å². The highest BCUT2D eigenvalue weighted by molar-refractivity contribution is 4.93. The summed E-state index contributed by atoms with van der Waals surface area (Å²) in [6.07, 6.45) is 0. The Morgan fingerprint density at radius 3 is 2.71 bits per heavy atom. The van der Waals surface area contributed by atoms with Crippen LogP contribution in [0.5, 0.6) is 0 Å². The summed E-state index contributed by atoms with van der Waals surface area (Å²) in [5.41, 5.74) is 0. The van der Waals surface area contributed by atoms with Crippen molar-refractivity contribution in [2.75, 3.05) is 33.4 Å². The molecule has 0 aliphatic carbocycles. The fourth-order valence-corrected chi connectivity index (χ4v) is 1.78. The molecule has 1 rings (SSSR count). The fraction of sp³-hybridized carbons (Fsp3) is 0.818. The lowest BCUT2D eigenvalue weighted by molar-refractivity contribution is 0.124. The van der Waals surface area contributed by atoms with Gasteiger partial charge in [0.25, 0.3) is 0 Å². The van der Waals surface area contributed by atoms with E-state index in [2.05, 4.69) is 26.6 Å². The Kier molecular flexibility index (Phi) is 6.10. The number of aliphatic hydroxyl groups excluding tert-OH is 1. The number of rotatable bonds is 8. The Balaban J connectivity index is 2.64. The molecule has 0 aliphatic heterocycles. The molecule has 0 aliphatic rings. The van der Waals surface area contributed by atoms with Crippen molar-refractivity contribution in [1.82, 2.24) is 19.7 Å². The Hall–Kier alpha value is -0.980. The maximum atomic E-state index is 9.02. The lowest BCUT2D eigenvalue weighted by Crippen LogP contribution is -2.31. The van der Waals surface area contributed by atoms with E-state index in [1.54, 1.807) is 7.11 Å². The zero-order valence-corrected chi connectivity index (χ0v) is 10.9. The highest BCUT2D eigenvalue weighted by Gasteiger charge is 2.12. The van der Waals surface area contributed by atoms with E-state index in [4.69, 9.17) is 9.84 Å². The molecule has 0 amide bonds. The van der Waals surface area contributed by atoms with Crippen LogP contribution in [0.1, 0.15) is 18.6 Å². The van der Waals surface area contributed by atoms with Gasteiger partial charge in [-0.05, 0) is 13.8 Å². The van der Waals surface area contributed by atoms with Crippen LogP contribution >= 0.6 is 0 Å². The molecule has 1 aromatic rings. The third-order valence-electron chi connectivity index (χ3n) is 2.72. The minimum atomic E-state index is 0.142. The van der Waals surface area contributed by atoms with Gasteiger partial charge in [0.05, 0.1) is 19.8 Å². The third kappa shape index (κ3) is 4.07. The van der Waals surface area contributed by atoms with Gasteiger partial charge < -0.3 is 14.4 Å². The first-order valence-electron chi connectivity index (χ1n) is 5.93. The van der Waals surface area contributed by atoms with Gasteiger partial charge in [-0.2, -0.15) is 0 Å². The van der Waals surface area contributed by atoms with Crippen molar-refractivity contribution in [1.29, 1.82) is 0 Å². The zero-order chi connectivity index (χ0) is 12.7. The second-order valence-corrected chi connectivity index (χ2v) is 3.90. The van der Waals surface area contributed by atoms with E-state index in [1.807, 2.05) is 6.92 Å². The average Bonchev–Trinajstić information content (AvgIpc) is 2.67. The van der Waals surface area contributed by atoms with Gasteiger partial charge >= 0.3 is 0 Å². The van der Waals surface area contributed by atoms with Crippen molar-refractivity contribution in [3.8, 4) is 0 Å². The summed E-state index contributed by atoms with van der Waals surface area (Å²) in [6.45, 7) is 7.79. The molecule has 1 aromatic heterocycles. The quantitative estimate of drug-likeness (QED) is 0.697. The van der Waals surface area contributed by atoms with Gasteiger partial charge in [-0.25, -0.2) is 0 Å². The maximum Gasteiger partial charge on any atom is 0.147 e. The molecular weight excluding hydrogens is 220 g/mol. The normalized spacial score (nSPS) is 11.4. The number of nitrogens with zero attached hydrogens (tertiary/aromatic N) is 4. The third-order valence-corrected chi connectivity index (χ3v) is 2.72. The van der Waals surface area contributed by atoms with Crippen molar-refractivity contribution in [3.05, 3.63) is 11.6 Å². The summed E-state index contributed by atoms with van der Waals surface area (Å²) in [7, 11) is 1.68. The van der Waals surface area contributed by atoms with Crippen LogP contribution in [0.15, 0.2) is 0 Å². The van der Waals surface area contributed by atoms with Crippen molar-refractivity contribution < 1.29 is 9.84 Å². The molecule has 0 spiro atoms. The number of aliphatic hydroxyl groups is 1. The zero-order valence-electron chi connectivity index (χ0n) is 10.9. The van der Waals surface area contributed by atoms with Crippen molar-refractivity contribution in [3.63, 3.8) is 0 Å².